The molecule has 3 nitrogen and oxygen atoms in total. The van der Waals surface area contributed by atoms with Gasteiger partial charge in [-0.3, -0.25) is 4.79 Å². The zero-order chi connectivity index (χ0) is 8.55. The Morgan fingerprint density at radius 3 is 3.17 bits per heavy atom. The number of rotatable bonds is 0. The van der Waals surface area contributed by atoms with Crippen molar-refractivity contribution in [1.82, 2.24) is 10.2 Å². The molecule has 2 unspecified atom stereocenters. The van der Waals surface area contributed by atoms with E-state index in [1.807, 2.05) is 4.90 Å². The molecule has 0 aromatic rings. The van der Waals surface area contributed by atoms with Gasteiger partial charge in [-0.2, -0.15) is 0 Å². The minimum absolute atomic E-state index is 0.226. The van der Waals surface area contributed by atoms with Gasteiger partial charge < -0.3 is 10.2 Å². The summed E-state index contributed by atoms with van der Waals surface area (Å²) in [6, 6.07) is 0.571. The summed E-state index contributed by atoms with van der Waals surface area (Å²) in [7, 11) is 0. The quantitative estimate of drug-likeness (QED) is 0.561. The van der Waals surface area contributed by atoms with E-state index in [4.69, 9.17) is 0 Å². The van der Waals surface area contributed by atoms with Crippen molar-refractivity contribution in [2.75, 3.05) is 19.6 Å². The van der Waals surface area contributed by atoms with Crippen LogP contribution in [0.3, 0.4) is 0 Å². The molecule has 1 N–H and O–H groups in total. The molecule has 0 aromatic heterocycles. The van der Waals surface area contributed by atoms with Crippen LogP contribution in [0.2, 0.25) is 0 Å². The number of carbonyl (C=O) groups is 1. The molecule has 2 saturated heterocycles. The van der Waals surface area contributed by atoms with Crippen LogP contribution in [0.5, 0.6) is 0 Å². The standard InChI is InChI=1S/C9H16N2O/c1-7(12)11-3-2-8-4-9(6-11)10-5-8/h8-10H,2-6H2,1H3. The monoisotopic (exact) mass is 168 g/mol. The summed E-state index contributed by atoms with van der Waals surface area (Å²) in [5, 5.41) is 3.45. The largest absolute Gasteiger partial charge is 0.341 e. The molecule has 0 aromatic carbocycles. The summed E-state index contributed by atoms with van der Waals surface area (Å²) in [6.07, 6.45) is 2.45. The molecule has 0 spiro atoms. The average Bonchev–Trinajstić information content (AvgIpc) is 2.29. The van der Waals surface area contributed by atoms with Crippen LogP contribution in [0.25, 0.3) is 0 Å². The summed E-state index contributed by atoms with van der Waals surface area (Å²) in [5.41, 5.74) is 0. The predicted molar refractivity (Wildman–Crippen MR) is 46.8 cm³/mol. The highest BCUT2D eigenvalue weighted by atomic mass is 16.2. The molecule has 68 valence electrons. The van der Waals surface area contributed by atoms with Gasteiger partial charge in [0.15, 0.2) is 0 Å². The fourth-order valence-electron chi connectivity index (χ4n) is 2.24. The topological polar surface area (TPSA) is 32.3 Å². The smallest absolute Gasteiger partial charge is 0.219 e. The molecule has 3 heteroatoms. The lowest BCUT2D eigenvalue weighted by Gasteiger charge is -2.23. The first-order chi connectivity index (χ1) is 5.75. The summed E-state index contributed by atoms with van der Waals surface area (Å²) in [4.78, 5) is 13.1. The van der Waals surface area contributed by atoms with Crippen LogP contribution in [0.1, 0.15) is 19.8 Å². The Morgan fingerprint density at radius 1 is 1.58 bits per heavy atom. The van der Waals surface area contributed by atoms with Gasteiger partial charge in [0.05, 0.1) is 0 Å². The Kier molecular flexibility index (Phi) is 2.05. The van der Waals surface area contributed by atoms with Crippen LogP contribution in [-0.2, 0) is 4.79 Å². The van der Waals surface area contributed by atoms with Crippen molar-refractivity contribution < 1.29 is 4.79 Å². The fourth-order valence-corrected chi connectivity index (χ4v) is 2.24. The average molecular weight is 168 g/mol. The van der Waals surface area contributed by atoms with Gasteiger partial charge >= 0.3 is 0 Å². The Morgan fingerprint density at radius 2 is 2.42 bits per heavy atom. The van der Waals surface area contributed by atoms with E-state index in [9.17, 15) is 4.79 Å². The van der Waals surface area contributed by atoms with Gasteiger partial charge in [-0.05, 0) is 25.3 Å². The van der Waals surface area contributed by atoms with Crippen molar-refractivity contribution in [2.24, 2.45) is 5.92 Å². The Labute approximate surface area is 73.1 Å². The fraction of sp³-hybridized carbons (Fsp3) is 0.889. The maximum Gasteiger partial charge on any atom is 0.219 e. The number of nitrogens with zero attached hydrogens (tertiary/aromatic N) is 1. The molecular weight excluding hydrogens is 152 g/mol. The second-order valence-electron chi connectivity index (χ2n) is 3.96. The van der Waals surface area contributed by atoms with Gasteiger partial charge in [0.25, 0.3) is 0 Å². The lowest BCUT2D eigenvalue weighted by molar-refractivity contribution is -0.129. The first kappa shape index (κ1) is 8.05. The molecule has 2 bridgehead atoms. The normalized spacial score (nSPS) is 34.9. The second-order valence-corrected chi connectivity index (χ2v) is 3.96. The van der Waals surface area contributed by atoms with Gasteiger partial charge in [-0.15, -0.1) is 0 Å². The highest BCUT2D eigenvalue weighted by Gasteiger charge is 2.30. The summed E-state index contributed by atoms with van der Waals surface area (Å²) < 4.78 is 0. The van der Waals surface area contributed by atoms with Gasteiger partial charge in [-0.1, -0.05) is 0 Å². The number of fused-ring (bicyclic) bond motifs is 2. The first-order valence-electron chi connectivity index (χ1n) is 4.74. The molecule has 2 rings (SSSR count). The first-order valence-corrected chi connectivity index (χ1v) is 4.74. The number of hydrogen-bond acceptors (Lipinski definition) is 2. The van der Waals surface area contributed by atoms with Crippen molar-refractivity contribution >= 4 is 5.91 Å². The zero-order valence-electron chi connectivity index (χ0n) is 7.55. The lowest BCUT2D eigenvalue weighted by atomic mass is 10.0. The lowest BCUT2D eigenvalue weighted by Crippen LogP contribution is -2.40. The van der Waals surface area contributed by atoms with Crippen LogP contribution in [0.4, 0.5) is 0 Å². The maximum atomic E-state index is 11.1. The van der Waals surface area contributed by atoms with Gasteiger partial charge in [-0.25, -0.2) is 0 Å². The summed E-state index contributed by atoms with van der Waals surface area (Å²) in [6.45, 7) is 4.72. The van der Waals surface area contributed by atoms with E-state index in [-0.39, 0.29) is 5.91 Å². The van der Waals surface area contributed by atoms with Gasteiger partial charge in [0.1, 0.15) is 0 Å². The minimum atomic E-state index is 0.226. The van der Waals surface area contributed by atoms with Crippen LogP contribution in [0.15, 0.2) is 0 Å². The minimum Gasteiger partial charge on any atom is -0.341 e. The number of nitrogens with one attached hydrogen (secondary N) is 1. The molecular formula is C9H16N2O. The number of likely N-dealkylation sites (tertiary alicyclic amines) is 1. The van der Waals surface area contributed by atoms with Crippen LogP contribution in [-0.4, -0.2) is 36.5 Å². The third kappa shape index (κ3) is 1.46. The Bertz CT molecular complexity index is 193. The summed E-state index contributed by atoms with van der Waals surface area (Å²) in [5.74, 6) is 1.05. The number of hydrogen-bond donors (Lipinski definition) is 1. The molecule has 0 aliphatic carbocycles. The Balaban J connectivity index is 2.00. The van der Waals surface area contributed by atoms with Crippen molar-refractivity contribution in [3.8, 4) is 0 Å². The zero-order valence-corrected chi connectivity index (χ0v) is 7.55. The van der Waals surface area contributed by atoms with Crippen LogP contribution < -0.4 is 5.32 Å². The number of amides is 1. The summed E-state index contributed by atoms with van der Waals surface area (Å²) >= 11 is 0. The van der Waals surface area contributed by atoms with E-state index < -0.39 is 0 Å². The van der Waals surface area contributed by atoms with Crippen molar-refractivity contribution in [3.63, 3.8) is 0 Å². The molecule has 1 amide bonds. The van der Waals surface area contributed by atoms with Crippen LogP contribution >= 0.6 is 0 Å². The maximum absolute atomic E-state index is 11.1. The highest BCUT2D eigenvalue weighted by molar-refractivity contribution is 5.73. The molecule has 2 fully saturated rings. The van der Waals surface area contributed by atoms with E-state index in [2.05, 4.69) is 5.32 Å². The predicted octanol–water partition coefficient (Wildman–Crippen LogP) is 0.217. The van der Waals surface area contributed by atoms with Crippen molar-refractivity contribution in [3.05, 3.63) is 0 Å². The molecule has 2 aliphatic heterocycles. The van der Waals surface area contributed by atoms with Gasteiger partial charge in [0, 0.05) is 26.1 Å². The molecule has 2 atom stereocenters. The van der Waals surface area contributed by atoms with E-state index in [1.165, 1.54) is 12.8 Å². The van der Waals surface area contributed by atoms with E-state index in [0.717, 1.165) is 25.6 Å². The van der Waals surface area contributed by atoms with E-state index in [0.29, 0.717) is 6.04 Å². The van der Waals surface area contributed by atoms with E-state index >= 15 is 0 Å². The molecule has 2 heterocycles. The third-order valence-electron chi connectivity index (χ3n) is 3.01. The highest BCUT2D eigenvalue weighted by Crippen LogP contribution is 2.22. The Hall–Kier alpha value is -0.570. The third-order valence-corrected chi connectivity index (χ3v) is 3.01. The van der Waals surface area contributed by atoms with Crippen molar-refractivity contribution in [1.29, 1.82) is 0 Å². The van der Waals surface area contributed by atoms with Gasteiger partial charge in [0.2, 0.25) is 5.91 Å². The van der Waals surface area contributed by atoms with Crippen molar-refractivity contribution in [2.45, 2.75) is 25.8 Å². The SMILES string of the molecule is CC(=O)N1CCC2CNC(C2)C1. The van der Waals surface area contributed by atoms with Crippen LogP contribution in [0, 0.1) is 5.92 Å². The molecule has 12 heavy (non-hydrogen) atoms. The molecule has 0 radical (unpaired) electrons. The second kappa shape index (κ2) is 3.05. The molecule has 0 saturated carbocycles. The number of carbonyl (C=O) groups excluding carboxylic acids is 1. The van der Waals surface area contributed by atoms with E-state index in [1.54, 1.807) is 6.92 Å². The molecule has 2 aliphatic rings.